The molecule has 4 rings (SSSR count). The van der Waals surface area contributed by atoms with E-state index in [1.54, 1.807) is 61.5 Å². The Morgan fingerprint density at radius 3 is 2.43 bits per heavy atom. The first-order valence-electron chi connectivity index (χ1n) is 9.53. The van der Waals surface area contributed by atoms with Crippen molar-refractivity contribution in [1.82, 2.24) is 5.16 Å². The molecular formula is C23H20N2O5. The molecule has 1 saturated heterocycles. The molecule has 7 nitrogen and oxygen atoms in total. The SMILES string of the molecule is CCOc1ccc(C(O)=C2C(=O)C(=O)N(c3cc(C)on3)C2c2ccccc2)cc1. The Morgan fingerprint density at radius 1 is 1.13 bits per heavy atom. The molecular weight excluding hydrogens is 384 g/mol. The monoisotopic (exact) mass is 404 g/mol. The molecule has 0 radical (unpaired) electrons. The van der Waals surface area contributed by atoms with Crippen LogP contribution in [0.3, 0.4) is 0 Å². The molecule has 2 heterocycles. The molecule has 30 heavy (non-hydrogen) atoms. The van der Waals surface area contributed by atoms with Crippen molar-refractivity contribution < 1.29 is 24.0 Å². The summed E-state index contributed by atoms with van der Waals surface area (Å²) in [6.45, 7) is 4.09. The third-order valence-corrected chi connectivity index (χ3v) is 4.86. The Hall–Kier alpha value is -3.87. The number of aryl methyl sites for hydroxylation is 1. The molecule has 0 bridgehead atoms. The van der Waals surface area contributed by atoms with Crippen molar-refractivity contribution in [3.63, 3.8) is 0 Å². The van der Waals surface area contributed by atoms with Crippen LogP contribution in [-0.4, -0.2) is 28.6 Å². The summed E-state index contributed by atoms with van der Waals surface area (Å²) in [7, 11) is 0. The molecule has 1 aliphatic heterocycles. The summed E-state index contributed by atoms with van der Waals surface area (Å²) in [4.78, 5) is 27.1. The normalized spacial score (nSPS) is 18.1. The van der Waals surface area contributed by atoms with Gasteiger partial charge >= 0.3 is 5.91 Å². The lowest BCUT2D eigenvalue weighted by atomic mass is 9.95. The minimum absolute atomic E-state index is 0.00369. The van der Waals surface area contributed by atoms with Crippen LogP contribution in [-0.2, 0) is 9.59 Å². The molecule has 1 atom stereocenters. The van der Waals surface area contributed by atoms with Crippen LogP contribution in [0, 0.1) is 6.92 Å². The zero-order valence-electron chi connectivity index (χ0n) is 16.5. The summed E-state index contributed by atoms with van der Waals surface area (Å²) in [5, 5.41) is 14.9. The van der Waals surface area contributed by atoms with Gasteiger partial charge in [-0.2, -0.15) is 0 Å². The molecule has 1 amide bonds. The molecule has 3 aromatic rings. The third-order valence-electron chi connectivity index (χ3n) is 4.86. The fourth-order valence-electron chi connectivity index (χ4n) is 3.52. The largest absolute Gasteiger partial charge is 0.507 e. The maximum atomic E-state index is 13.0. The fraction of sp³-hybridized carbons (Fsp3) is 0.174. The van der Waals surface area contributed by atoms with Crippen LogP contribution in [0.25, 0.3) is 5.76 Å². The van der Waals surface area contributed by atoms with Crippen LogP contribution in [0.1, 0.15) is 29.9 Å². The summed E-state index contributed by atoms with van der Waals surface area (Å²) in [6, 6.07) is 16.5. The number of aliphatic hydroxyl groups excluding tert-OH is 1. The molecule has 1 fully saturated rings. The highest BCUT2D eigenvalue weighted by atomic mass is 16.5. The number of Topliss-reactive ketones (excluding diaryl/α,β-unsaturated/α-hetero) is 1. The van der Waals surface area contributed by atoms with E-state index in [1.165, 1.54) is 4.90 Å². The number of rotatable bonds is 5. The third kappa shape index (κ3) is 3.34. The molecule has 0 spiro atoms. The predicted molar refractivity (Wildman–Crippen MR) is 110 cm³/mol. The Kier molecular flexibility index (Phi) is 5.10. The van der Waals surface area contributed by atoms with E-state index in [-0.39, 0.29) is 17.2 Å². The van der Waals surface area contributed by atoms with E-state index in [1.807, 2.05) is 13.0 Å². The van der Waals surface area contributed by atoms with Crippen molar-refractivity contribution in [2.75, 3.05) is 11.5 Å². The van der Waals surface area contributed by atoms with Crippen molar-refractivity contribution in [2.45, 2.75) is 19.9 Å². The lowest BCUT2D eigenvalue weighted by Crippen LogP contribution is -2.29. The van der Waals surface area contributed by atoms with Gasteiger partial charge in [0.25, 0.3) is 5.78 Å². The average molecular weight is 404 g/mol. The molecule has 152 valence electrons. The first-order valence-corrected chi connectivity index (χ1v) is 9.53. The van der Waals surface area contributed by atoms with E-state index in [9.17, 15) is 14.7 Å². The Morgan fingerprint density at radius 2 is 1.83 bits per heavy atom. The number of carbonyl (C=O) groups is 2. The number of ketones is 1. The van der Waals surface area contributed by atoms with Crippen molar-refractivity contribution in [1.29, 1.82) is 0 Å². The van der Waals surface area contributed by atoms with Crippen LogP contribution in [0.15, 0.2) is 70.8 Å². The van der Waals surface area contributed by atoms with Gasteiger partial charge in [-0.1, -0.05) is 35.5 Å². The number of hydrogen-bond donors (Lipinski definition) is 1. The van der Waals surface area contributed by atoms with Gasteiger partial charge in [-0.25, -0.2) is 0 Å². The summed E-state index contributed by atoms with van der Waals surface area (Å²) in [5.41, 5.74) is 1.08. The highest BCUT2D eigenvalue weighted by Gasteiger charge is 2.48. The Bertz CT molecular complexity index is 1120. The number of ether oxygens (including phenoxy) is 1. The van der Waals surface area contributed by atoms with Crippen molar-refractivity contribution in [3.8, 4) is 5.75 Å². The summed E-state index contributed by atoms with van der Waals surface area (Å²) >= 11 is 0. The van der Waals surface area contributed by atoms with Gasteiger partial charge in [0, 0.05) is 11.6 Å². The summed E-state index contributed by atoms with van der Waals surface area (Å²) in [6.07, 6.45) is 0. The van der Waals surface area contributed by atoms with Crippen LogP contribution in [0.2, 0.25) is 0 Å². The number of aromatic nitrogens is 1. The minimum Gasteiger partial charge on any atom is -0.507 e. The number of nitrogens with zero attached hydrogens (tertiary/aromatic N) is 2. The van der Waals surface area contributed by atoms with Crippen LogP contribution in [0.4, 0.5) is 5.82 Å². The van der Waals surface area contributed by atoms with Crippen LogP contribution in [0.5, 0.6) is 5.75 Å². The first kappa shape index (κ1) is 19.4. The molecule has 1 aliphatic rings. The number of anilines is 1. The van der Waals surface area contributed by atoms with E-state index in [2.05, 4.69) is 5.16 Å². The maximum absolute atomic E-state index is 13.0. The zero-order valence-corrected chi connectivity index (χ0v) is 16.5. The topological polar surface area (TPSA) is 92.9 Å². The van der Waals surface area contributed by atoms with Gasteiger partial charge in [-0.05, 0) is 43.7 Å². The van der Waals surface area contributed by atoms with Crippen molar-refractivity contribution >= 4 is 23.3 Å². The molecule has 1 unspecified atom stereocenters. The number of hydrogen-bond acceptors (Lipinski definition) is 6. The highest BCUT2D eigenvalue weighted by molar-refractivity contribution is 6.51. The average Bonchev–Trinajstić information content (AvgIpc) is 3.30. The maximum Gasteiger partial charge on any atom is 0.301 e. The van der Waals surface area contributed by atoms with Gasteiger partial charge in [-0.15, -0.1) is 0 Å². The van der Waals surface area contributed by atoms with Crippen LogP contribution >= 0.6 is 0 Å². The van der Waals surface area contributed by atoms with E-state index in [0.717, 1.165) is 0 Å². The fourth-order valence-corrected chi connectivity index (χ4v) is 3.52. The standard InChI is InChI=1S/C23H20N2O5/c1-3-29-17-11-9-16(10-12-17)21(26)19-20(15-7-5-4-6-8-15)25(23(28)22(19)27)18-13-14(2)30-24-18/h4-13,20,26H,3H2,1-2H3. The van der Waals surface area contributed by atoms with Gasteiger partial charge in [-0.3, -0.25) is 14.5 Å². The number of aliphatic hydroxyl groups is 1. The van der Waals surface area contributed by atoms with Gasteiger partial charge in [0.2, 0.25) is 0 Å². The van der Waals surface area contributed by atoms with E-state index >= 15 is 0 Å². The summed E-state index contributed by atoms with van der Waals surface area (Å²) in [5.74, 6) is -0.444. The van der Waals surface area contributed by atoms with Gasteiger partial charge in [0.15, 0.2) is 5.82 Å². The molecule has 0 saturated carbocycles. The second-order valence-electron chi connectivity index (χ2n) is 6.83. The Balaban J connectivity index is 1.87. The molecule has 1 N–H and O–H groups in total. The Labute approximate surface area is 173 Å². The highest BCUT2D eigenvalue weighted by Crippen LogP contribution is 2.41. The minimum atomic E-state index is -0.831. The zero-order chi connectivity index (χ0) is 21.3. The van der Waals surface area contributed by atoms with E-state index in [4.69, 9.17) is 9.26 Å². The number of carbonyl (C=O) groups excluding carboxylic acids is 2. The van der Waals surface area contributed by atoms with Crippen molar-refractivity contribution in [3.05, 3.63) is 83.1 Å². The quantitative estimate of drug-likeness (QED) is 0.392. The first-order chi connectivity index (χ1) is 14.5. The van der Waals surface area contributed by atoms with Gasteiger partial charge < -0.3 is 14.4 Å². The smallest absolute Gasteiger partial charge is 0.301 e. The van der Waals surface area contributed by atoms with Crippen LogP contribution < -0.4 is 9.64 Å². The number of benzene rings is 2. The van der Waals surface area contributed by atoms with Gasteiger partial charge in [0.1, 0.15) is 17.3 Å². The lowest BCUT2D eigenvalue weighted by Gasteiger charge is -2.22. The lowest BCUT2D eigenvalue weighted by molar-refractivity contribution is -0.132. The summed E-state index contributed by atoms with van der Waals surface area (Å²) < 4.78 is 10.5. The predicted octanol–water partition coefficient (Wildman–Crippen LogP) is 4.01. The number of amides is 1. The van der Waals surface area contributed by atoms with Crippen molar-refractivity contribution in [2.24, 2.45) is 0 Å². The molecule has 1 aromatic heterocycles. The van der Waals surface area contributed by atoms with E-state index in [0.29, 0.717) is 29.2 Å². The molecule has 7 heteroatoms. The molecule has 2 aromatic carbocycles. The second kappa shape index (κ2) is 7.87. The molecule has 0 aliphatic carbocycles. The van der Waals surface area contributed by atoms with Gasteiger partial charge in [0.05, 0.1) is 18.2 Å². The van der Waals surface area contributed by atoms with E-state index < -0.39 is 17.7 Å². The second-order valence-corrected chi connectivity index (χ2v) is 6.83.